The Morgan fingerprint density at radius 3 is 2.75 bits per heavy atom. The van der Waals surface area contributed by atoms with Gasteiger partial charge in [0.15, 0.2) is 10.6 Å². The minimum Gasteiger partial charge on any atom is -0.350 e. The van der Waals surface area contributed by atoms with Crippen molar-refractivity contribution in [1.29, 1.82) is 0 Å². The average Bonchev–Trinajstić information content (AvgIpc) is 3.13. The van der Waals surface area contributed by atoms with Crippen molar-refractivity contribution in [2.45, 2.75) is 46.3 Å². The molecule has 6 nitrogen and oxygen atoms in total. The maximum atomic E-state index is 12.6. The quantitative estimate of drug-likeness (QED) is 0.523. The Hall–Kier alpha value is -2.77. The molecule has 1 atom stereocenters. The van der Waals surface area contributed by atoms with E-state index in [1.807, 2.05) is 31.2 Å². The molecule has 2 heterocycles. The minimum absolute atomic E-state index is 0.0946. The highest BCUT2D eigenvalue weighted by Crippen LogP contribution is 2.19. The largest absolute Gasteiger partial charge is 0.350 e. The summed E-state index contributed by atoms with van der Waals surface area (Å²) in [4.78, 5) is 15.2. The number of H-pyrrole nitrogens is 1. The summed E-state index contributed by atoms with van der Waals surface area (Å²) in [6.07, 6.45) is 2.63. The van der Waals surface area contributed by atoms with Crippen LogP contribution in [0.3, 0.4) is 0 Å². The van der Waals surface area contributed by atoms with Crippen molar-refractivity contribution in [3.63, 3.8) is 0 Å². The number of aryl methyl sites for hydroxylation is 1. The smallest absolute Gasteiger partial charge is 0.240 e. The molecule has 2 aromatic carbocycles. The molecule has 0 bridgehead atoms. The lowest BCUT2D eigenvalue weighted by molar-refractivity contribution is -0.121. The van der Waals surface area contributed by atoms with E-state index < -0.39 is 0 Å². The summed E-state index contributed by atoms with van der Waals surface area (Å²) in [7, 11) is 0. The highest BCUT2D eigenvalue weighted by molar-refractivity contribution is 7.71. The van der Waals surface area contributed by atoms with Crippen LogP contribution in [0, 0.1) is 17.6 Å². The molecule has 4 rings (SSSR count). The van der Waals surface area contributed by atoms with Gasteiger partial charge in [0.2, 0.25) is 5.91 Å². The van der Waals surface area contributed by atoms with Crippen molar-refractivity contribution in [2.75, 3.05) is 13.1 Å². The number of hydrogen-bond acceptors (Lipinski definition) is 4. The highest BCUT2D eigenvalue weighted by Gasteiger charge is 2.16. The zero-order chi connectivity index (χ0) is 22.5. The van der Waals surface area contributed by atoms with E-state index >= 15 is 0 Å². The Bertz CT molecular complexity index is 1120. The molecule has 1 aliphatic rings. The molecule has 2 N–H and O–H groups in total. The van der Waals surface area contributed by atoms with E-state index in [0.717, 1.165) is 29.2 Å². The summed E-state index contributed by atoms with van der Waals surface area (Å²) in [5.41, 5.74) is 4.47. The maximum Gasteiger partial charge on any atom is 0.240 e. The first-order valence-corrected chi connectivity index (χ1v) is 11.7. The standard InChI is InChI=1S/C25H31N5OS/c1-18-5-3-7-22(13-18)24-27-28-25(32)30(24)17-23(31)26-14-20-8-10-21(11-9-20)16-29-12-4-6-19(2)15-29/h3,5,7-11,13,19H,4,6,12,14-17H2,1-2H3,(H,26,31)(H,28,32). The molecular formula is C25H31N5OS. The van der Waals surface area contributed by atoms with Crippen LogP contribution < -0.4 is 5.32 Å². The summed E-state index contributed by atoms with van der Waals surface area (Å²) in [6.45, 7) is 8.34. The van der Waals surface area contributed by atoms with Gasteiger partial charge in [-0.3, -0.25) is 19.4 Å². The van der Waals surface area contributed by atoms with Gasteiger partial charge in [0.1, 0.15) is 6.54 Å². The fourth-order valence-corrected chi connectivity index (χ4v) is 4.52. The Morgan fingerprint density at radius 1 is 1.22 bits per heavy atom. The first-order valence-electron chi connectivity index (χ1n) is 11.3. The summed E-state index contributed by atoms with van der Waals surface area (Å²) >= 11 is 5.35. The number of nitrogens with zero attached hydrogens (tertiary/aromatic N) is 3. The molecule has 7 heteroatoms. The second kappa shape index (κ2) is 10.2. The third-order valence-electron chi connectivity index (χ3n) is 6.00. The summed E-state index contributed by atoms with van der Waals surface area (Å²) < 4.78 is 2.18. The van der Waals surface area contributed by atoms with Crippen LogP contribution in [0.25, 0.3) is 11.4 Å². The van der Waals surface area contributed by atoms with Crippen molar-refractivity contribution in [2.24, 2.45) is 5.92 Å². The number of aromatic nitrogens is 3. The van der Waals surface area contributed by atoms with Crippen molar-refractivity contribution >= 4 is 18.1 Å². The first kappa shape index (κ1) is 22.4. The third kappa shape index (κ3) is 5.72. The molecule has 0 radical (unpaired) electrons. The van der Waals surface area contributed by atoms with Crippen LogP contribution in [0.15, 0.2) is 48.5 Å². The van der Waals surface area contributed by atoms with Gasteiger partial charge in [0, 0.05) is 25.2 Å². The number of likely N-dealkylation sites (tertiary alicyclic amines) is 1. The van der Waals surface area contributed by atoms with Gasteiger partial charge in [-0.25, -0.2) is 0 Å². The number of carbonyl (C=O) groups is 1. The first-order chi connectivity index (χ1) is 15.5. The van der Waals surface area contributed by atoms with Gasteiger partial charge in [0.05, 0.1) is 0 Å². The molecule has 168 valence electrons. The summed E-state index contributed by atoms with van der Waals surface area (Å²) in [5, 5.41) is 10.1. The van der Waals surface area contributed by atoms with E-state index in [9.17, 15) is 4.79 Å². The van der Waals surface area contributed by atoms with E-state index in [0.29, 0.717) is 17.1 Å². The molecule has 1 aliphatic heterocycles. The third-order valence-corrected chi connectivity index (χ3v) is 6.31. The summed E-state index contributed by atoms with van der Waals surface area (Å²) in [6, 6.07) is 16.5. The second-order valence-corrected chi connectivity index (χ2v) is 9.27. The molecule has 1 saturated heterocycles. The molecule has 0 saturated carbocycles. The molecule has 1 unspecified atom stereocenters. The number of hydrogen-bond donors (Lipinski definition) is 2. The lowest BCUT2D eigenvalue weighted by Gasteiger charge is -2.30. The van der Waals surface area contributed by atoms with E-state index in [4.69, 9.17) is 12.2 Å². The zero-order valence-corrected chi connectivity index (χ0v) is 19.6. The fraction of sp³-hybridized carbons (Fsp3) is 0.400. The lowest BCUT2D eigenvalue weighted by Crippen LogP contribution is -2.33. The molecule has 1 fully saturated rings. The Balaban J connectivity index is 1.33. The van der Waals surface area contributed by atoms with E-state index in [2.05, 4.69) is 51.6 Å². The maximum absolute atomic E-state index is 12.6. The SMILES string of the molecule is Cc1cccc(-c2n[nH]c(=S)n2CC(=O)NCc2ccc(CN3CCCC(C)C3)cc2)c1. The summed E-state index contributed by atoms with van der Waals surface area (Å²) in [5.74, 6) is 1.36. The number of aromatic amines is 1. The molecule has 1 amide bonds. The highest BCUT2D eigenvalue weighted by atomic mass is 32.1. The molecule has 1 aromatic heterocycles. The Morgan fingerprint density at radius 2 is 2.00 bits per heavy atom. The van der Waals surface area contributed by atoms with Gasteiger partial charge in [-0.2, -0.15) is 5.10 Å². The van der Waals surface area contributed by atoms with E-state index in [1.165, 1.54) is 31.5 Å². The number of rotatable bonds is 7. The van der Waals surface area contributed by atoms with Gasteiger partial charge in [-0.15, -0.1) is 0 Å². The Labute approximate surface area is 194 Å². The molecular weight excluding hydrogens is 418 g/mol. The lowest BCUT2D eigenvalue weighted by atomic mass is 9.99. The average molecular weight is 450 g/mol. The molecule has 3 aromatic rings. The van der Waals surface area contributed by atoms with Crippen molar-refractivity contribution in [1.82, 2.24) is 25.0 Å². The number of amides is 1. The molecule has 0 spiro atoms. The fourth-order valence-electron chi connectivity index (χ4n) is 4.32. The topological polar surface area (TPSA) is 66.0 Å². The number of nitrogens with one attached hydrogen (secondary N) is 2. The van der Waals surface area contributed by atoms with Crippen LogP contribution in [0.5, 0.6) is 0 Å². The number of benzene rings is 2. The monoisotopic (exact) mass is 449 g/mol. The number of carbonyl (C=O) groups excluding carboxylic acids is 1. The van der Waals surface area contributed by atoms with Crippen molar-refractivity contribution in [3.8, 4) is 11.4 Å². The molecule has 0 aliphatic carbocycles. The normalized spacial score (nSPS) is 16.8. The molecule has 32 heavy (non-hydrogen) atoms. The van der Waals surface area contributed by atoms with Crippen LogP contribution in [0.4, 0.5) is 0 Å². The Kier molecular flexibility index (Phi) is 7.17. The number of piperidine rings is 1. The van der Waals surface area contributed by atoms with Gasteiger partial charge >= 0.3 is 0 Å². The van der Waals surface area contributed by atoms with E-state index in [1.54, 1.807) is 4.57 Å². The van der Waals surface area contributed by atoms with Gasteiger partial charge in [-0.1, -0.05) is 55.0 Å². The van der Waals surface area contributed by atoms with Crippen LogP contribution in [0.1, 0.15) is 36.5 Å². The second-order valence-electron chi connectivity index (χ2n) is 8.88. The predicted octanol–water partition coefficient (Wildman–Crippen LogP) is 4.46. The zero-order valence-electron chi connectivity index (χ0n) is 18.8. The van der Waals surface area contributed by atoms with Crippen molar-refractivity contribution in [3.05, 3.63) is 70.0 Å². The van der Waals surface area contributed by atoms with Crippen LogP contribution in [0.2, 0.25) is 0 Å². The van der Waals surface area contributed by atoms with Gasteiger partial charge in [0.25, 0.3) is 0 Å². The van der Waals surface area contributed by atoms with Crippen LogP contribution in [-0.2, 0) is 24.4 Å². The predicted molar refractivity (Wildman–Crippen MR) is 130 cm³/mol. The van der Waals surface area contributed by atoms with Crippen LogP contribution >= 0.6 is 12.2 Å². The van der Waals surface area contributed by atoms with Crippen LogP contribution in [-0.4, -0.2) is 38.7 Å². The van der Waals surface area contributed by atoms with E-state index in [-0.39, 0.29) is 12.5 Å². The minimum atomic E-state index is -0.0946. The van der Waals surface area contributed by atoms with Gasteiger partial charge in [-0.05, 0) is 61.6 Å². The van der Waals surface area contributed by atoms with Gasteiger partial charge < -0.3 is 5.32 Å². The van der Waals surface area contributed by atoms with Crippen molar-refractivity contribution < 1.29 is 4.79 Å².